The van der Waals surface area contributed by atoms with Crippen LogP contribution in [-0.4, -0.2) is 48.1 Å². The zero-order chi connectivity index (χ0) is 11.9. The maximum atomic E-state index is 11.7. The summed E-state index contributed by atoms with van der Waals surface area (Å²) < 4.78 is 22.1. The fraction of sp³-hybridized carbons (Fsp3) is 0.889. The van der Waals surface area contributed by atoms with Crippen molar-refractivity contribution in [1.29, 1.82) is 0 Å². The Hall–Kier alpha value is -0.100. The van der Waals surface area contributed by atoms with Gasteiger partial charge in [0.15, 0.2) is 9.84 Å². The monoisotopic (exact) mass is 297 g/mol. The Kier molecular flexibility index (Phi) is 3.50. The first-order valence-corrected chi connectivity index (χ1v) is 7.74. The second-order valence-electron chi connectivity index (χ2n) is 4.53. The average Bonchev–Trinajstić information content (AvgIpc) is 2.23. The first-order valence-electron chi connectivity index (χ1n) is 4.77. The number of halogens is 1. The molecule has 4 nitrogen and oxygen atoms in total. The molecule has 1 amide bonds. The third-order valence-corrected chi connectivity index (χ3v) is 5.10. The van der Waals surface area contributed by atoms with Crippen LogP contribution >= 0.6 is 15.9 Å². The molecule has 0 N–H and O–H groups in total. The molecular weight excluding hydrogens is 282 g/mol. The number of hydrogen-bond donors (Lipinski definition) is 0. The van der Waals surface area contributed by atoms with Gasteiger partial charge in [0.05, 0.1) is 0 Å². The van der Waals surface area contributed by atoms with Crippen molar-refractivity contribution in [2.45, 2.75) is 30.6 Å². The fourth-order valence-electron chi connectivity index (χ4n) is 1.80. The summed E-state index contributed by atoms with van der Waals surface area (Å²) in [6.45, 7) is 4.51. The molecule has 0 saturated carbocycles. The largest absolute Gasteiger partial charge is 0.336 e. The van der Waals surface area contributed by atoms with Gasteiger partial charge in [-0.3, -0.25) is 4.79 Å². The Morgan fingerprint density at radius 2 is 2.07 bits per heavy atom. The second-order valence-corrected chi connectivity index (χ2v) is 7.77. The lowest BCUT2D eigenvalue weighted by molar-refractivity contribution is -0.131. The predicted molar refractivity (Wildman–Crippen MR) is 62.8 cm³/mol. The van der Waals surface area contributed by atoms with Gasteiger partial charge < -0.3 is 4.90 Å². The number of sulfone groups is 1. The lowest BCUT2D eigenvalue weighted by atomic mass is 10.0. The molecule has 0 spiro atoms. The summed E-state index contributed by atoms with van der Waals surface area (Å²) in [5.74, 6) is -0.694. The molecule has 0 aromatic carbocycles. The molecule has 1 heterocycles. The van der Waals surface area contributed by atoms with Gasteiger partial charge >= 0.3 is 0 Å². The van der Waals surface area contributed by atoms with Crippen LogP contribution in [0.1, 0.15) is 20.3 Å². The Bertz CT molecular complexity index is 364. The number of amides is 1. The molecule has 1 rings (SSSR count). The van der Waals surface area contributed by atoms with Crippen LogP contribution in [0.5, 0.6) is 0 Å². The van der Waals surface area contributed by atoms with E-state index in [0.29, 0.717) is 6.54 Å². The summed E-state index contributed by atoms with van der Waals surface area (Å²) in [6, 6.07) is 0. The maximum Gasteiger partial charge on any atom is 0.238 e. The van der Waals surface area contributed by atoms with E-state index in [4.69, 9.17) is 0 Å². The first kappa shape index (κ1) is 13.0. The summed E-state index contributed by atoms with van der Waals surface area (Å²) in [5.41, 5.74) is -0.304. The maximum absolute atomic E-state index is 11.7. The van der Waals surface area contributed by atoms with Crippen LogP contribution < -0.4 is 0 Å². The molecular formula is C9H16BrNO3S. The number of carbonyl (C=O) groups excluding carboxylic acids is 1. The van der Waals surface area contributed by atoms with Crippen LogP contribution in [0.15, 0.2) is 0 Å². The third kappa shape index (κ3) is 2.93. The van der Waals surface area contributed by atoms with E-state index in [1.54, 1.807) is 4.90 Å². The van der Waals surface area contributed by atoms with E-state index in [0.717, 1.165) is 12.7 Å². The minimum Gasteiger partial charge on any atom is -0.336 e. The second kappa shape index (κ2) is 4.05. The van der Waals surface area contributed by atoms with E-state index in [2.05, 4.69) is 15.9 Å². The minimum absolute atomic E-state index is 0.230. The lowest BCUT2D eigenvalue weighted by Gasteiger charge is -2.33. The Labute approximate surface area is 99.1 Å². The van der Waals surface area contributed by atoms with E-state index in [1.807, 2.05) is 13.8 Å². The van der Waals surface area contributed by atoms with Gasteiger partial charge in [-0.2, -0.15) is 0 Å². The van der Waals surface area contributed by atoms with Crippen LogP contribution in [0.25, 0.3) is 0 Å². The predicted octanol–water partition coefficient (Wildman–Crippen LogP) is 0.805. The molecule has 1 saturated heterocycles. The van der Waals surface area contributed by atoms with Crippen molar-refractivity contribution in [3.05, 3.63) is 0 Å². The third-order valence-electron chi connectivity index (χ3n) is 2.76. The Morgan fingerprint density at radius 1 is 1.53 bits per heavy atom. The SMILES string of the molecule is CC1(C)C(Br)CCN1C(=O)CS(C)(=O)=O. The first-order chi connectivity index (χ1) is 6.64. The van der Waals surface area contributed by atoms with Gasteiger partial charge in [-0.15, -0.1) is 0 Å². The zero-order valence-electron chi connectivity index (χ0n) is 9.16. The van der Waals surface area contributed by atoms with Gasteiger partial charge in [0.2, 0.25) is 5.91 Å². The number of hydrogen-bond acceptors (Lipinski definition) is 3. The number of carbonyl (C=O) groups is 1. The Morgan fingerprint density at radius 3 is 2.40 bits per heavy atom. The quantitative estimate of drug-likeness (QED) is 0.709. The molecule has 0 bridgehead atoms. The van der Waals surface area contributed by atoms with E-state index in [1.165, 1.54) is 0 Å². The zero-order valence-corrected chi connectivity index (χ0v) is 11.6. The molecule has 0 aliphatic carbocycles. The van der Waals surface area contributed by atoms with Gasteiger partial charge in [-0.1, -0.05) is 15.9 Å². The van der Waals surface area contributed by atoms with Crippen LogP contribution in [-0.2, 0) is 14.6 Å². The van der Waals surface area contributed by atoms with Crippen molar-refractivity contribution >= 4 is 31.7 Å². The van der Waals surface area contributed by atoms with Gasteiger partial charge in [-0.25, -0.2) is 8.42 Å². The fourth-order valence-corrected chi connectivity index (χ4v) is 2.86. The van der Waals surface area contributed by atoms with Gasteiger partial charge in [0, 0.05) is 23.2 Å². The highest BCUT2D eigenvalue weighted by Gasteiger charge is 2.42. The van der Waals surface area contributed by atoms with E-state index in [9.17, 15) is 13.2 Å². The lowest BCUT2D eigenvalue weighted by Crippen LogP contribution is -2.48. The average molecular weight is 298 g/mol. The number of nitrogens with zero attached hydrogens (tertiary/aromatic N) is 1. The van der Waals surface area contributed by atoms with Crippen molar-refractivity contribution in [2.24, 2.45) is 0 Å². The van der Waals surface area contributed by atoms with Crippen molar-refractivity contribution < 1.29 is 13.2 Å². The molecule has 6 heteroatoms. The molecule has 88 valence electrons. The molecule has 1 aliphatic heterocycles. The highest BCUT2D eigenvalue weighted by Crippen LogP contribution is 2.34. The van der Waals surface area contributed by atoms with Crippen molar-refractivity contribution in [3.8, 4) is 0 Å². The standard InChI is InChI=1S/C9H16BrNO3S/c1-9(2)7(10)4-5-11(9)8(12)6-15(3,13)14/h7H,4-6H2,1-3H3. The summed E-state index contributed by atoms with van der Waals surface area (Å²) in [5, 5.41) is 0. The van der Waals surface area contributed by atoms with E-state index in [-0.39, 0.29) is 16.3 Å². The number of rotatable bonds is 2. The topological polar surface area (TPSA) is 54.5 Å². The van der Waals surface area contributed by atoms with Gasteiger partial charge in [0.1, 0.15) is 5.75 Å². The normalized spacial score (nSPS) is 25.6. The van der Waals surface area contributed by atoms with Crippen molar-refractivity contribution in [3.63, 3.8) is 0 Å². The molecule has 1 aliphatic rings. The summed E-state index contributed by atoms with van der Waals surface area (Å²) >= 11 is 3.50. The molecule has 1 unspecified atom stereocenters. The smallest absolute Gasteiger partial charge is 0.238 e. The highest BCUT2D eigenvalue weighted by atomic mass is 79.9. The molecule has 0 radical (unpaired) electrons. The van der Waals surface area contributed by atoms with Crippen LogP contribution in [0.4, 0.5) is 0 Å². The summed E-state index contributed by atoms with van der Waals surface area (Å²) in [4.78, 5) is 13.6. The minimum atomic E-state index is -3.23. The van der Waals surface area contributed by atoms with E-state index >= 15 is 0 Å². The number of alkyl halides is 1. The van der Waals surface area contributed by atoms with Crippen LogP contribution in [0.3, 0.4) is 0 Å². The molecule has 0 aromatic heterocycles. The van der Waals surface area contributed by atoms with Gasteiger partial charge in [0.25, 0.3) is 0 Å². The van der Waals surface area contributed by atoms with Crippen LogP contribution in [0.2, 0.25) is 0 Å². The molecule has 1 atom stereocenters. The highest BCUT2D eigenvalue weighted by molar-refractivity contribution is 9.09. The van der Waals surface area contributed by atoms with Crippen molar-refractivity contribution in [2.75, 3.05) is 18.6 Å². The molecule has 0 aromatic rings. The summed E-state index contributed by atoms with van der Waals surface area (Å²) in [6.07, 6.45) is 1.95. The van der Waals surface area contributed by atoms with Crippen molar-refractivity contribution in [1.82, 2.24) is 4.90 Å². The number of likely N-dealkylation sites (tertiary alicyclic amines) is 1. The Balaban J connectivity index is 2.78. The summed E-state index contributed by atoms with van der Waals surface area (Å²) in [7, 11) is -3.23. The van der Waals surface area contributed by atoms with E-state index < -0.39 is 15.6 Å². The molecule has 15 heavy (non-hydrogen) atoms. The van der Waals surface area contributed by atoms with Gasteiger partial charge in [-0.05, 0) is 20.3 Å². The molecule has 1 fully saturated rings. The van der Waals surface area contributed by atoms with Crippen LogP contribution in [0, 0.1) is 0 Å².